The van der Waals surface area contributed by atoms with E-state index < -0.39 is 5.82 Å². The molecule has 1 aromatic heterocycles. The Kier molecular flexibility index (Phi) is 7.87. The Balaban J connectivity index is 1.19. The van der Waals surface area contributed by atoms with E-state index in [-0.39, 0.29) is 17.0 Å². The Hall–Kier alpha value is -3.27. The van der Waals surface area contributed by atoms with Gasteiger partial charge in [0.15, 0.2) is 0 Å². The van der Waals surface area contributed by atoms with Gasteiger partial charge < -0.3 is 20.1 Å². The summed E-state index contributed by atoms with van der Waals surface area (Å²) in [4.78, 5) is 24.2. The highest BCUT2D eigenvalue weighted by atomic mass is 35.5. The number of carbonyl (C=O) groups excluding carboxylic acids is 1. The number of carbonyl (C=O) groups is 1. The van der Waals surface area contributed by atoms with Crippen LogP contribution in [-0.2, 0) is 9.53 Å². The summed E-state index contributed by atoms with van der Waals surface area (Å²) >= 11 is 5.96. The fourth-order valence-corrected chi connectivity index (χ4v) is 6.19. The highest BCUT2D eigenvalue weighted by molar-refractivity contribution is 6.31. The predicted molar refractivity (Wildman–Crippen MR) is 154 cm³/mol. The number of ether oxygens (including phenoxy) is 2. The van der Waals surface area contributed by atoms with Crippen molar-refractivity contribution in [3.8, 4) is 5.75 Å². The minimum Gasteiger partial charge on any atom is -0.486 e. The molecular formula is C30H33ClFN5O3. The Morgan fingerprint density at radius 1 is 1.20 bits per heavy atom. The molecule has 3 aromatic rings. The van der Waals surface area contributed by atoms with Crippen LogP contribution in [0.25, 0.3) is 10.9 Å². The van der Waals surface area contributed by atoms with E-state index in [2.05, 4.69) is 25.5 Å². The molecule has 1 atom stereocenters. The van der Waals surface area contributed by atoms with Crippen molar-refractivity contribution in [2.24, 2.45) is 5.41 Å². The number of fused-ring (bicyclic) bond motifs is 1. The Bertz CT molecular complexity index is 1410. The fourth-order valence-electron chi connectivity index (χ4n) is 6.01. The molecule has 3 fully saturated rings. The van der Waals surface area contributed by atoms with Crippen LogP contribution < -0.4 is 15.4 Å². The normalized spacial score (nSPS) is 20.6. The second-order valence-electron chi connectivity index (χ2n) is 11.1. The van der Waals surface area contributed by atoms with E-state index in [9.17, 15) is 9.18 Å². The maximum atomic E-state index is 13.7. The summed E-state index contributed by atoms with van der Waals surface area (Å²) < 4.78 is 25.4. The number of nitrogens with one attached hydrogen (secondary N) is 2. The highest BCUT2D eigenvalue weighted by Gasteiger charge is 2.42. The third-order valence-corrected chi connectivity index (χ3v) is 8.31. The van der Waals surface area contributed by atoms with E-state index in [0.717, 1.165) is 26.1 Å². The van der Waals surface area contributed by atoms with Crippen molar-refractivity contribution in [1.29, 1.82) is 0 Å². The smallest absolute Gasteiger partial charge is 0.248 e. The third kappa shape index (κ3) is 6.06. The average Bonchev–Trinajstić information content (AvgIpc) is 3.44. The van der Waals surface area contributed by atoms with Gasteiger partial charge in [0, 0.05) is 49.3 Å². The van der Waals surface area contributed by atoms with Gasteiger partial charge in [0.05, 0.1) is 29.4 Å². The maximum absolute atomic E-state index is 13.7. The zero-order valence-corrected chi connectivity index (χ0v) is 23.1. The number of hydrogen-bond acceptors (Lipinski definition) is 7. The topological polar surface area (TPSA) is 88.6 Å². The van der Waals surface area contributed by atoms with E-state index in [4.69, 9.17) is 21.1 Å². The van der Waals surface area contributed by atoms with Crippen molar-refractivity contribution < 1.29 is 18.7 Å². The molecule has 1 spiro atoms. The summed E-state index contributed by atoms with van der Waals surface area (Å²) in [5, 5.41) is 6.83. The van der Waals surface area contributed by atoms with Gasteiger partial charge >= 0.3 is 0 Å². The molecule has 1 amide bonds. The zero-order chi connectivity index (χ0) is 27.5. The van der Waals surface area contributed by atoms with Gasteiger partial charge in [-0.05, 0) is 42.5 Å². The van der Waals surface area contributed by atoms with E-state index in [1.807, 2.05) is 6.08 Å². The van der Waals surface area contributed by atoms with E-state index in [1.165, 1.54) is 50.6 Å². The molecule has 2 aromatic carbocycles. The lowest BCUT2D eigenvalue weighted by Crippen LogP contribution is -2.56. The molecule has 210 valence electrons. The molecule has 0 bridgehead atoms. The second kappa shape index (κ2) is 11.7. The van der Waals surface area contributed by atoms with Crippen molar-refractivity contribution in [1.82, 2.24) is 14.9 Å². The van der Waals surface area contributed by atoms with Gasteiger partial charge in [0.1, 0.15) is 29.8 Å². The molecule has 1 unspecified atom stereocenters. The fraction of sp³-hybridized carbons (Fsp3) is 0.433. The van der Waals surface area contributed by atoms with Gasteiger partial charge in [-0.25, -0.2) is 14.4 Å². The molecule has 2 aliphatic heterocycles. The number of likely N-dealkylation sites (tertiary alicyclic amines) is 1. The molecule has 1 saturated carbocycles. The number of aromatic nitrogens is 2. The molecule has 8 nitrogen and oxygen atoms in total. The third-order valence-electron chi connectivity index (χ3n) is 8.02. The summed E-state index contributed by atoms with van der Waals surface area (Å²) in [6.45, 7) is 4.14. The number of amides is 1. The standard InChI is InChI=1S/C30H33ClFN5O3/c31-23-13-20(6-7-24(23)32)35-29-22-14-26(27(15-25(22)33-19-34-29)40-21-8-12-39-16-21)36-28(38)5-4-11-37-17-30(18-37)9-2-1-3-10-30/h4-7,13-15,19,21H,1-3,8-12,16-18H2,(H,36,38)(H,33,34,35)/b5-4+. The molecule has 2 saturated heterocycles. The predicted octanol–water partition coefficient (Wildman–Crippen LogP) is 6.09. The lowest BCUT2D eigenvalue weighted by atomic mass is 9.69. The van der Waals surface area contributed by atoms with Crippen LogP contribution in [0.5, 0.6) is 5.75 Å². The minimum absolute atomic E-state index is 0.00436. The quantitative estimate of drug-likeness (QED) is 0.319. The van der Waals surface area contributed by atoms with Crippen LogP contribution in [0.15, 0.2) is 48.8 Å². The summed E-state index contributed by atoms with van der Waals surface area (Å²) in [6.07, 6.45) is 12.3. The molecule has 3 aliphatic rings. The molecule has 1 aliphatic carbocycles. The maximum Gasteiger partial charge on any atom is 0.248 e. The van der Waals surface area contributed by atoms with Gasteiger partial charge in [-0.2, -0.15) is 0 Å². The number of halogens is 2. The first kappa shape index (κ1) is 26.9. The van der Waals surface area contributed by atoms with Gasteiger partial charge in [0.25, 0.3) is 0 Å². The van der Waals surface area contributed by atoms with Crippen LogP contribution in [0.4, 0.5) is 21.6 Å². The van der Waals surface area contributed by atoms with Gasteiger partial charge in [-0.1, -0.05) is 36.9 Å². The Morgan fingerprint density at radius 3 is 2.83 bits per heavy atom. The molecule has 40 heavy (non-hydrogen) atoms. The largest absolute Gasteiger partial charge is 0.486 e. The number of nitrogens with zero attached hydrogens (tertiary/aromatic N) is 3. The molecule has 10 heteroatoms. The van der Waals surface area contributed by atoms with Gasteiger partial charge in [-0.3, -0.25) is 9.69 Å². The summed E-state index contributed by atoms with van der Waals surface area (Å²) in [6, 6.07) is 7.94. The minimum atomic E-state index is -0.502. The summed E-state index contributed by atoms with van der Waals surface area (Å²) in [5.74, 6) is 0.264. The van der Waals surface area contributed by atoms with E-state index in [0.29, 0.717) is 52.5 Å². The first-order valence-corrected chi connectivity index (χ1v) is 14.3. The summed E-state index contributed by atoms with van der Waals surface area (Å²) in [7, 11) is 0. The second-order valence-corrected chi connectivity index (χ2v) is 11.5. The van der Waals surface area contributed by atoms with Crippen molar-refractivity contribution in [3.05, 3.63) is 59.7 Å². The van der Waals surface area contributed by atoms with Crippen molar-refractivity contribution >= 4 is 45.6 Å². The van der Waals surface area contributed by atoms with Crippen molar-refractivity contribution in [2.75, 3.05) is 43.5 Å². The van der Waals surface area contributed by atoms with Crippen LogP contribution >= 0.6 is 11.6 Å². The van der Waals surface area contributed by atoms with Crippen molar-refractivity contribution in [2.45, 2.75) is 44.6 Å². The molecule has 3 heterocycles. The lowest BCUT2D eigenvalue weighted by molar-refractivity contribution is -0.112. The first-order valence-electron chi connectivity index (χ1n) is 13.9. The molecule has 6 rings (SSSR count). The molecule has 2 N–H and O–H groups in total. The van der Waals surface area contributed by atoms with Crippen LogP contribution in [0.3, 0.4) is 0 Å². The zero-order valence-electron chi connectivity index (χ0n) is 22.3. The number of anilines is 3. The number of benzene rings is 2. The van der Waals surface area contributed by atoms with Crippen molar-refractivity contribution in [3.63, 3.8) is 0 Å². The lowest BCUT2D eigenvalue weighted by Gasteiger charge is -2.52. The molecule has 0 radical (unpaired) electrons. The highest BCUT2D eigenvalue weighted by Crippen LogP contribution is 2.43. The monoisotopic (exact) mass is 565 g/mol. The van der Waals surface area contributed by atoms with Crippen LogP contribution in [0.1, 0.15) is 38.5 Å². The van der Waals surface area contributed by atoms with Gasteiger partial charge in [-0.15, -0.1) is 0 Å². The number of rotatable bonds is 8. The molecular weight excluding hydrogens is 533 g/mol. The van der Waals surface area contributed by atoms with Crippen LogP contribution in [0.2, 0.25) is 5.02 Å². The van der Waals surface area contributed by atoms with E-state index >= 15 is 0 Å². The SMILES string of the molecule is O=C(/C=C/CN1CC2(CCCCC2)C1)Nc1cc2c(Nc3ccc(F)c(Cl)c3)ncnc2cc1OC1CCOC1. The Labute approximate surface area is 237 Å². The number of hydrogen-bond donors (Lipinski definition) is 2. The van der Waals surface area contributed by atoms with Gasteiger partial charge in [0.2, 0.25) is 5.91 Å². The van der Waals surface area contributed by atoms with E-state index in [1.54, 1.807) is 24.3 Å². The first-order chi connectivity index (χ1) is 19.5. The Morgan fingerprint density at radius 2 is 2.05 bits per heavy atom. The summed E-state index contributed by atoms with van der Waals surface area (Å²) in [5.41, 5.74) is 2.23. The van der Waals surface area contributed by atoms with Crippen LogP contribution in [0, 0.1) is 11.2 Å². The van der Waals surface area contributed by atoms with Crippen LogP contribution in [-0.4, -0.2) is 59.7 Å². The average molecular weight is 566 g/mol.